The van der Waals surface area contributed by atoms with Crippen molar-refractivity contribution in [2.45, 2.75) is 51.2 Å². The molecule has 1 saturated heterocycles. The van der Waals surface area contributed by atoms with Crippen LogP contribution in [0.3, 0.4) is 0 Å². The van der Waals surface area contributed by atoms with E-state index in [2.05, 4.69) is 15.6 Å². The standard InChI is InChI=1S/C25H29ClN4O4/c26-17-12-13-20(27-16-17)28-25(33)24-23(18-8-2-3-9-19(18)34-24)29-21(31)10-4-5-11-22(32)30-14-6-1-7-15-30/h2-3,8-9,12-13,16,21,29,31H,1,4-7,10-11,14-15H2,(H,27,28,33). The molecule has 1 unspecified atom stereocenters. The minimum Gasteiger partial charge on any atom is -0.449 e. The van der Waals surface area contributed by atoms with Gasteiger partial charge in [0, 0.05) is 31.1 Å². The number of aliphatic hydroxyl groups excluding tert-OH is 1. The minimum atomic E-state index is -0.897. The number of unbranched alkanes of at least 4 members (excludes halogenated alkanes) is 1. The fraction of sp³-hybridized carbons (Fsp3) is 0.400. The number of aliphatic hydroxyl groups is 1. The normalized spacial score (nSPS) is 14.7. The highest BCUT2D eigenvalue weighted by Gasteiger charge is 2.23. The van der Waals surface area contributed by atoms with Crippen LogP contribution in [0.5, 0.6) is 0 Å². The summed E-state index contributed by atoms with van der Waals surface area (Å²) in [5.41, 5.74) is 0.942. The third-order valence-electron chi connectivity index (χ3n) is 5.91. The number of hydrogen-bond acceptors (Lipinski definition) is 6. The Morgan fingerprint density at radius 2 is 1.91 bits per heavy atom. The van der Waals surface area contributed by atoms with Gasteiger partial charge in [-0.25, -0.2) is 4.98 Å². The summed E-state index contributed by atoms with van der Waals surface area (Å²) < 4.78 is 5.79. The van der Waals surface area contributed by atoms with E-state index < -0.39 is 12.1 Å². The molecule has 2 amide bonds. The maximum absolute atomic E-state index is 12.9. The van der Waals surface area contributed by atoms with Crippen LogP contribution >= 0.6 is 11.6 Å². The molecule has 1 fully saturated rings. The molecule has 4 rings (SSSR count). The van der Waals surface area contributed by atoms with Crippen molar-refractivity contribution in [3.8, 4) is 0 Å². The van der Waals surface area contributed by atoms with Gasteiger partial charge < -0.3 is 25.1 Å². The van der Waals surface area contributed by atoms with Gasteiger partial charge in [0.05, 0.1) is 10.7 Å². The van der Waals surface area contributed by atoms with Crippen molar-refractivity contribution in [1.82, 2.24) is 9.88 Å². The van der Waals surface area contributed by atoms with Crippen molar-refractivity contribution in [1.29, 1.82) is 0 Å². The number of para-hydroxylation sites is 1. The molecule has 1 aliphatic rings. The number of anilines is 2. The SMILES string of the molecule is O=C(Nc1ccc(Cl)cn1)c1oc2ccccc2c1NC(O)CCCCC(=O)N1CCCCC1. The Bertz CT molecular complexity index is 1130. The van der Waals surface area contributed by atoms with Crippen LogP contribution in [0.1, 0.15) is 55.5 Å². The van der Waals surface area contributed by atoms with E-state index in [9.17, 15) is 14.7 Å². The number of pyridine rings is 1. The number of likely N-dealkylation sites (tertiary alicyclic amines) is 1. The Kier molecular flexibility index (Phi) is 8.03. The van der Waals surface area contributed by atoms with Crippen LogP contribution in [-0.2, 0) is 4.79 Å². The number of hydrogen-bond donors (Lipinski definition) is 3. The van der Waals surface area contributed by atoms with Gasteiger partial charge in [0.15, 0.2) is 0 Å². The van der Waals surface area contributed by atoms with E-state index in [0.29, 0.717) is 53.2 Å². The molecule has 8 nitrogen and oxygen atoms in total. The van der Waals surface area contributed by atoms with Crippen LogP contribution < -0.4 is 10.6 Å². The van der Waals surface area contributed by atoms with E-state index in [1.54, 1.807) is 18.2 Å². The Morgan fingerprint density at radius 3 is 2.68 bits per heavy atom. The fourth-order valence-electron chi connectivity index (χ4n) is 4.13. The third kappa shape index (κ3) is 6.07. The van der Waals surface area contributed by atoms with Gasteiger partial charge >= 0.3 is 0 Å². The molecule has 0 aliphatic carbocycles. The molecule has 0 spiro atoms. The van der Waals surface area contributed by atoms with Crippen LogP contribution in [0.2, 0.25) is 5.02 Å². The molecule has 3 aromatic rings. The number of amides is 2. The number of benzene rings is 1. The van der Waals surface area contributed by atoms with Crippen molar-refractivity contribution < 1.29 is 19.1 Å². The molecule has 2 aromatic heterocycles. The molecule has 1 aliphatic heterocycles. The molecule has 180 valence electrons. The summed E-state index contributed by atoms with van der Waals surface area (Å²) >= 11 is 5.86. The lowest BCUT2D eigenvalue weighted by Gasteiger charge is -2.26. The summed E-state index contributed by atoms with van der Waals surface area (Å²) in [6.45, 7) is 1.71. The van der Waals surface area contributed by atoms with E-state index in [0.717, 1.165) is 25.9 Å². The number of fused-ring (bicyclic) bond motifs is 1. The molecule has 34 heavy (non-hydrogen) atoms. The molecule has 0 saturated carbocycles. The van der Waals surface area contributed by atoms with Gasteiger partial charge in [0.25, 0.3) is 5.91 Å². The smallest absolute Gasteiger partial charge is 0.294 e. The number of carbonyl (C=O) groups excluding carboxylic acids is 2. The van der Waals surface area contributed by atoms with Gasteiger partial charge in [-0.2, -0.15) is 0 Å². The first-order chi connectivity index (χ1) is 16.5. The number of nitrogens with zero attached hydrogens (tertiary/aromatic N) is 2. The third-order valence-corrected chi connectivity index (χ3v) is 6.13. The summed E-state index contributed by atoms with van der Waals surface area (Å²) in [6.07, 6.45) is 6.21. The highest BCUT2D eigenvalue weighted by molar-refractivity contribution is 6.30. The number of carbonyl (C=O) groups is 2. The highest BCUT2D eigenvalue weighted by Crippen LogP contribution is 2.32. The quantitative estimate of drug-likeness (QED) is 0.290. The first-order valence-electron chi connectivity index (χ1n) is 11.7. The van der Waals surface area contributed by atoms with E-state index >= 15 is 0 Å². The molecule has 1 atom stereocenters. The van der Waals surface area contributed by atoms with Gasteiger partial charge in [-0.15, -0.1) is 0 Å². The first kappa shape index (κ1) is 24.0. The lowest BCUT2D eigenvalue weighted by Crippen LogP contribution is -2.35. The number of aromatic nitrogens is 1. The second-order valence-corrected chi connectivity index (χ2v) is 8.90. The minimum absolute atomic E-state index is 0.0530. The van der Waals surface area contributed by atoms with Gasteiger partial charge in [-0.3, -0.25) is 9.59 Å². The van der Waals surface area contributed by atoms with E-state index in [1.807, 2.05) is 23.1 Å². The van der Waals surface area contributed by atoms with Crippen LogP contribution in [-0.4, -0.2) is 46.1 Å². The molecule has 1 aromatic carbocycles. The Hall–Kier alpha value is -3.10. The van der Waals surface area contributed by atoms with Gasteiger partial charge in [-0.1, -0.05) is 23.7 Å². The number of piperidine rings is 1. The van der Waals surface area contributed by atoms with Crippen LogP contribution in [0.25, 0.3) is 11.0 Å². The molecule has 0 bridgehead atoms. The predicted octanol–water partition coefficient (Wildman–Crippen LogP) is 5.04. The average molecular weight is 485 g/mol. The van der Waals surface area contributed by atoms with Crippen molar-refractivity contribution in [3.63, 3.8) is 0 Å². The number of furan rings is 1. The number of halogens is 1. The number of nitrogens with one attached hydrogen (secondary N) is 2. The van der Waals surface area contributed by atoms with E-state index in [4.69, 9.17) is 16.0 Å². The Balaban J connectivity index is 1.37. The van der Waals surface area contributed by atoms with Crippen molar-refractivity contribution >= 4 is 45.9 Å². The lowest BCUT2D eigenvalue weighted by atomic mass is 10.1. The molecule has 9 heteroatoms. The topological polar surface area (TPSA) is 108 Å². The Labute approximate surface area is 203 Å². The van der Waals surface area contributed by atoms with Crippen molar-refractivity contribution in [2.24, 2.45) is 0 Å². The summed E-state index contributed by atoms with van der Waals surface area (Å²) in [4.78, 5) is 31.2. The van der Waals surface area contributed by atoms with Crippen molar-refractivity contribution in [2.75, 3.05) is 23.7 Å². The Morgan fingerprint density at radius 1 is 1.12 bits per heavy atom. The van der Waals surface area contributed by atoms with Crippen LogP contribution in [0.4, 0.5) is 11.5 Å². The maximum atomic E-state index is 12.9. The van der Waals surface area contributed by atoms with Gasteiger partial charge in [0.1, 0.15) is 17.6 Å². The van der Waals surface area contributed by atoms with Gasteiger partial charge in [0.2, 0.25) is 11.7 Å². The predicted molar refractivity (Wildman–Crippen MR) is 132 cm³/mol. The largest absolute Gasteiger partial charge is 0.449 e. The second-order valence-electron chi connectivity index (χ2n) is 8.47. The molecular weight excluding hydrogens is 456 g/mol. The molecule has 3 heterocycles. The van der Waals surface area contributed by atoms with E-state index in [1.165, 1.54) is 12.6 Å². The van der Waals surface area contributed by atoms with Gasteiger partial charge in [-0.05, 0) is 62.8 Å². The molecular formula is C25H29ClN4O4. The average Bonchev–Trinajstić information content (AvgIpc) is 3.22. The maximum Gasteiger partial charge on any atom is 0.294 e. The summed E-state index contributed by atoms with van der Waals surface area (Å²) in [7, 11) is 0. The lowest BCUT2D eigenvalue weighted by molar-refractivity contribution is -0.132. The zero-order valence-electron chi connectivity index (χ0n) is 18.9. The van der Waals surface area contributed by atoms with E-state index in [-0.39, 0.29) is 11.7 Å². The zero-order valence-corrected chi connectivity index (χ0v) is 19.7. The molecule has 0 radical (unpaired) electrons. The summed E-state index contributed by atoms with van der Waals surface area (Å²) in [5, 5.41) is 17.5. The fourth-order valence-corrected chi connectivity index (χ4v) is 4.24. The monoisotopic (exact) mass is 484 g/mol. The van der Waals surface area contributed by atoms with Crippen molar-refractivity contribution in [3.05, 3.63) is 53.4 Å². The molecule has 3 N–H and O–H groups in total. The summed E-state index contributed by atoms with van der Waals surface area (Å²) in [6, 6.07) is 10.5. The van der Waals surface area contributed by atoms with Crippen LogP contribution in [0.15, 0.2) is 47.0 Å². The second kappa shape index (κ2) is 11.4. The highest BCUT2D eigenvalue weighted by atomic mass is 35.5. The first-order valence-corrected chi connectivity index (χ1v) is 12.1. The van der Waals surface area contributed by atoms with Crippen LogP contribution in [0, 0.1) is 0 Å². The number of rotatable bonds is 9. The zero-order chi connectivity index (χ0) is 23.9. The summed E-state index contributed by atoms with van der Waals surface area (Å²) in [5.74, 6) is 0.0857.